The Kier molecular flexibility index (Phi) is 8.15. The Morgan fingerprint density at radius 2 is 1.39 bits per heavy atom. The quantitative estimate of drug-likeness (QED) is 0.203. The molecule has 4 aromatic rings. The first-order valence-electron chi connectivity index (χ1n) is 11.4. The van der Waals surface area contributed by atoms with Crippen LogP contribution in [0.4, 0.5) is 0 Å². The zero-order valence-electron chi connectivity index (χ0n) is 19.5. The Morgan fingerprint density at radius 3 is 2.00 bits per heavy atom. The molecule has 0 unspecified atom stereocenters. The predicted molar refractivity (Wildman–Crippen MR) is 138 cm³/mol. The van der Waals surface area contributed by atoms with Crippen LogP contribution >= 0.6 is 0 Å². The SMILES string of the molecule is Cc1ccc2[se]n(CCCCCCn3[se]c4ccc(OCCN(C)C)cc4c3=O)c(=O)c2c1. The zero-order chi connectivity index (χ0) is 23.4. The summed E-state index contributed by atoms with van der Waals surface area (Å²) in [4.78, 5) is 27.5. The van der Waals surface area contributed by atoms with Crippen LogP contribution < -0.4 is 15.9 Å². The molecular formula is C25H31N3O3Se2. The summed E-state index contributed by atoms with van der Waals surface area (Å²) >= 11 is 0.175. The van der Waals surface area contributed by atoms with Crippen molar-refractivity contribution in [1.82, 2.24) is 12.0 Å². The molecule has 0 saturated carbocycles. The third-order valence-electron chi connectivity index (χ3n) is 5.70. The Balaban J connectivity index is 1.26. The van der Waals surface area contributed by atoms with E-state index in [1.165, 1.54) is 4.26 Å². The molecule has 0 spiro atoms. The van der Waals surface area contributed by atoms with E-state index in [4.69, 9.17) is 4.74 Å². The molecule has 33 heavy (non-hydrogen) atoms. The molecule has 176 valence electrons. The van der Waals surface area contributed by atoms with Crippen LogP contribution in [0, 0.1) is 6.92 Å². The van der Waals surface area contributed by atoms with E-state index in [9.17, 15) is 9.59 Å². The first kappa shape index (κ1) is 24.3. The molecule has 0 atom stereocenters. The standard InChI is InChI=1S/C25H31N3O3Se2/c1-18-8-10-22-20(16-18)24(29)27(32-22)12-6-4-5-7-13-28-25(30)21-17-19(9-11-23(21)33-28)31-15-14-26(2)3/h8-11,16-17H,4-7,12-15H2,1-3H3. The van der Waals surface area contributed by atoms with E-state index >= 15 is 0 Å². The number of rotatable bonds is 11. The minimum atomic E-state index is 0.0585. The van der Waals surface area contributed by atoms with Crippen LogP contribution in [0.2, 0.25) is 0 Å². The average molecular weight is 579 g/mol. The van der Waals surface area contributed by atoms with Gasteiger partial charge >= 0.3 is 207 Å². The molecule has 4 rings (SSSR count). The first-order valence-corrected chi connectivity index (χ1v) is 14.7. The molecule has 8 heteroatoms. The van der Waals surface area contributed by atoms with Gasteiger partial charge in [0.1, 0.15) is 0 Å². The minimum absolute atomic E-state index is 0.0585. The molecule has 0 amide bonds. The van der Waals surface area contributed by atoms with E-state index in [0.29, 0.717) is 6.61 Å². The molecule has 0 aliphatic carbocycles. The normalized spacial score (nSPS) is 11.8. The number of hydrogen-bond donors (Lipinski definition) is 0. The topological polar surface area (TPSA) is 56.5 Å². The number of likely N-dealkylation sites (N-methyl/N-ethyl adjacent to an activating group) is 1. The third kappa shape index (κ3) is 6.00. The second-order valence-electron chi connectivity index (χ2n) is 8.72. The summed E-state index contributed by atoms with van der Waals surface area (Å²) in [5.74, 6) is 0.775. The van der Waals surface area contributed by atoms with Crippen LogP contribution in [0.25, 0.3) is 19.3 Å². The van der Waals surface area contributed by atoms with Gasteiger partial charge in [-0.05, 0) is 0 Å². The number of hydrogen-bond acceptors (Lipinski definition) is 4. The Morgan fingerprint density at radius 1 is 0.818 bits per heavy atom. The Bertz CT molecular complexity index is 1350. The van der Waals surface area contributed by atoms with Crippen LogP contribution in [0.5, 0.6) is 5.75 Å². The maximum absolute atomic E-state index is 12.8. The number of ether oxygens (including phenoxy) is 1. The van der Waals surface area contributed by atoms with E-state index in [-0.39, 0.29) is 40.6 Å². The summed E-state index contributed by atoms with van der Waals surface area (Å²) < 4.78 is 12.2. The predicted octanol–water partition coefficient (Wildman–Crippen LogP) is 2.94. The number of unbranched alkanes of at least 4 members (excludes halogenated alkanes) is 3. The number of aromatic nitrogens is 2. The van der Waals surface area contributed by atoms with Crippen LogP contribution in [0.3, 0.4) is 0 Å². The molecule has 0 aliphatic rings. The molecule has 0 radical (unpaired) electrons. The van der Waals surface area contributed by atoms with Gasteiger partial charge in [0.05, 0.1) is 0 Å². The number of benzene rings is 2. The average Bonchev–Trinajstić information content (AvgIpc) is 3.27. The van der Waals surface area contributed by atoms with Gasteiger partial charge in [0.2, 0.25) is 0 Å². The van der Waals surface area contributed by atoms with Crippen molar-refractivity contribution in [3.05, 3.63) is 62.7 Å². The van der Waals surface area contributed by atoms with Gasteiger partial charge in [-0.1, -0.05) is 0 Å². The molecule has 0 bridgehead atoms. The number of aryl methyl sites for hydroxylation is 3. The molecular weight excluding hydrogens is 548 g/mol. The summed E-state index contributed by atoms with van der Waals surface area (Å²) in [7, 11) is 4.03. The van der Waals surface area contributed by atoms with Crippen molar-refractivity contribution in [2.75, 3.05) is 27.2 Å². The van der Waals surface area contributed by atoms with Crippen molar-refractivity contribution in [2.24, 2.45) is 0 Å². The van der Waals surface area contributed by atoms with Crippen LogP contribution in [-0.2, 0) is 13.1 Å². The molecule has 0 saturated heterocycles. The molecule has 6 nitrogen and oxygen atoms in total. The maximum atomic E-state index is 12.8. The van der Waals surface area contributed by atoms with E-state index in [2.05, 4.69) is 17.0 Å². The van der Waals surface area contributed by atoms with Crippen molar-refractivity contribution in [3.63, 3.8) is 0 Å². The van der Waals surface area contributed by atoms with Gasteiger partial charge in [-0.25, -0.2) is 0 Å². The van der Waals surface area contributed by atoms with Gasteiger partial charge in [0.25, 0.3) is 0 Å². The third-order valence-corrected chi connectivity index (χ3v) is 10.4. The fourth-order valence-electron chi connectivity index (χ4n) is 3.83. The summed E-state index contributed by atoms with van der Waals surface area (Å²) in [6.07, 6.45) is 4.19. The fraction of sp³-hybridized carbons (Fsp3) is 0.440. The monoisotopic (exact) mass is 581 g/mol. The molecule has 0 aliphatic heterocycles. The van der Waals surface area contributed by atoms with Gasteiger partial charge in [-0.3, -0.25) is 0 Å². The summed E-state index contributed by atoms with van der Waals surface area (Å²) in [6.45, 7) is 5.14. The molecule has 2 aromatic heterocycles. The van der Waals surface area contributed by atoms with Crippen molar-refractivity contribution in [2.45, 2.75) is 45.7 Å². The summed E-state index contributed by atoms with van der Waals surface area (Å²) in [5, 5.41) is 1.71. The van der Waals surface area contributed by atoms with Crippen molar-refractivity contribution in [3.8, 4) is 5.75 Å². The second-order valence-corrected chi connectivity index (χ2v) is 13.2. The molecule has 2 aromatic carbocycles. The van der Waals surface area contributed by atoms with Gasteiger partial charge in [-0.2, -0.15) is 0 Å². The van der Waals surface area contributed by atoms with Crippen LogP contribution in [-0.4, -0.2) is 68.7 Å². The van der Waals surface area contributed by atoms with Crippen LogP contribution in [0.1, 0.15) is 31.2 Å². The Hall–Kier alpha value is -1.82. The fourth-order valence-corrected chi connectivity index (χ4v) is 8.08. The van der Waals surface area contributed by atoms with Gasteiger partial charge in [0, 0.05) is 0 Å². The van der Waals surface area contributed by atoms with Gasteiger partial charge in [0.15, 0.2) is 0 Å². The van der Waals surface area contributed by atoms with E-state index < -0.39 is 0 Å². The zero-order valence-corrected chi connectivity index (χ0v) is 22.9. The molecule has 2 heterocycles. The van der Waals surface area contributed by atoms with Crippen LogP contribution in [0.15, 0.2) is 46.0 Å². The van der Waals surface area contributed by atoms with Crippen molar-refractivity contribution in [1.29, 1.82) is 0 Å². The number of fused-ring (bicyclic) bond motifs is 2. The molecule has 0 N–H and O–H groups in total. The first-order chi connectivity index (χ1) is 15.9. The van der Waals surface area contributed by atoms with Crippen molar-refractivity contribution >= 4 is 48.8 Å². The van der Waals surface area contributed by atoms with E-state index in [1.807, 2.05) is 52.4 Å². The van der Waals surface area contributed by atoms with Gasteiger partial charge in [-0.15, -0.1) is 0 Å². The molecule has 0 fully saturated rings. The summed E-state index contributed by atoms with van der Waals surface area (Å²) in [6, 6.07) is 12.2. The Labute approximate surface area is 206 Å². The summed E-state index contributed by atoms with van der Waals surface area (Å²) in [5.41, 5.74) is 1.48. The number of nitrogens with zero attached hydrogens (tertiary/aromatic N) is 3. The van der Waals surface area contributed by atoms with Gasteiger partial charge < -0.3 is 0 Å². The van der Waals surface area contributed by atoms with E-state index in [0.717, 1.165) is 71.7 Å². The van der Waals surface area contributed by atoms with Crippen molar-refractivity contribution < 1.29 is 4.74 Å². The second kappa shape index (κ2) is 11.1. The van der Waals surface area contributed by atoms with E-state index in [1.54, 1.807) is 0 Å².